The van der Waals surface area contributed by atoms with Gasteiger partial charge in [-0.25, -0.2) is 4.79 Å². The molecule has 0 aliphatic carbocycles. The predicted octanol–water partition coefficient (Wildman–Crippen LogP) is 3.36. The Morgan fingerprint density at radius 2 is 1.83 bits per heavy atom. The molecule has 8 heteroatoms. The number of nitrogens with one attached hydrogen (secondary N) is 1. The predicted molar refractivity (Wildman–Crippen MR) is 106 cm³/mol. The Morgan fingerprint density at radius 3 is 2.45 bits per heavy atom. The molecule has 156 valence electrons. The number of anilines is 1. The van der Waals surface area contributed by atoms with Crippen molar-refractivity contribution >= 4 is 23.5 Å². The lowest BCUT2D eigenvalue weighted by molar-refractivity contribution is -0.147. The molecule has 1 aromatic carbocycles. The van der Waals surface area contributed by atoms with Crippen LogP contribution in [0.4, 0.5) is 5.69 Å². The molecule has 0 bridgehead atoms. The fourth-order valence-electron chi connectivity index (χ4n) is 2.58. The second kappa shape index (κ2) is 11.0. The summed E-state index contributed by atoms with van der Waals surface area (Å²) in [5, 5.41) is 6.44. The average molecular weight is 402 g/mol. The first-order chi connectivity index (χ1) is 13.9. The number of aromatic nitrogens is 1. The number of rotatable bonds is 10. The van der Waals surface area contributed by atoms with Gasteiger partial charge < -0.3 is 19.3 Å². The number of ether oxygens (including phenoxy) is 2. The number of hydrogen-bond donors (Lipinski definition) is 1. The van der Waals surface area contributed by atoms with E-state index in [1.54, 1.807) is 38.1 Å². The Hall–Kier alpha value is -3.16. The summed E-state index contributed by atoms with van der Waals surface area (Å²) in [6.45, 7) is 5.60. The normalized spacial score (nSPS) is 10.4. The van der Waals surface area contributed by atoms with E-state index < -0.39 is 17.8 Å². The second-order valence-corrected chi connectivity index (χ2v) is 6.58. The third-order valence-electron chi connectivity index (χ3n) is 4.26. The molecule has 0 fully saturated rings. The number of benzene rings is 1. The van der Waals surface area contributed by atoms with Gasteiger partial charge in [-0.1, -0.05) is 18.5 Å². The molecule has 1 heterocycles. The maximum atomic E-state index is 11.9. The Balaban J connectivity index is 1.73. The van der Waals surface area contributed by atoms with Gasteiger partial charge in [0.15, 0.2) is 6.61 Å². The van der Waals surface area contributed by atoms with Gasteiger partial charge in [-0.3, -0.25) is 9.59 Å². The number of carbonyl (C=O) groups excluding carboxylic acids is 3. The fourth-order valence-corrected chi connectivity index (χ4v) is 2.58. The maximum absolute atomic E-state index is 11.9. The highest BCUT2D eigenvalue weighted by molar-refractivity contribution is 5.94. The van der Waals surface area contributed by atoms with Crippen molar-refractivity contribution in [2.75, 3.05) is 18.5 Å². The van der Waals surface area contributed by atoms with Gasteiger partial charge in [-0.05, 0) is 51.0 Å². The van der Waals surface area contributed by atoms with Gasteiger partial charge in [0, 0.05) is 17.7 Å². The van der Waals surface area contributed by atoms with Gasteiger partial charge in [0.05, 0.1) is 17.9 Å². The smallest absolute Gasteiger partial charge is 0.338 e. The van der Waals surface area contributed by atoms with Gasteiger partial charge >= 0.3 is 11.9 Å². The Bertz CT molecular complexity index is 822. The zero-order chi connectivity index (χ0) is 21.2. The molecule has 1 aromatic heterocycles. The van der Waals surface area contributed by atoms with Crippen molar-refractivity contribution < 1.29 is 28.4 Å². The molecule has 0 saturated heterocycles. The summed E-state index contributed by atoms with van der Waals surface area (Å²) in [5.41, 5.74) is 2.52. The summed E-state index contributed by atoms with van der Waals surface area (Å²) in [4.78, 5) is 35.6. The van der Waals surface area contributed by atoms with E-state index in [2.05, 4.69) is 10.5 Å². The molecule has 0 aliphatic rings. The van der Waals surface area contributed by atoms with E-state index in [1.165, 1.54) is 0 Å². The quantitative estimate of drug-likeness (QED) is 0.479. The molecule has 29 heavy (non-hydrogen) atoms. The number of hydrogen-bond acceptors (Lipinski definition) is 7. The monoisotopic (exact) mass is 402 g/mol. The standard InChI is InChI=1S/C21H26N2O6/c1-4-5-12-27-21(26)16-6-8-17(9-7-16)22-19(24)13-28-20(25)11-10-18-14(2)23-29-15(18)3/h6-9H,4-5,10-13H2,1-3H3,(H,22,24). The minimum Gasteiger partial charge on any atom is -0.462 e. The molecule has 0 unspecified atom stereocenters. The highest BCUT2D eigenvalue weighted by Gasteiger charge is 2.13. The van der Waals surface area contributed by atoms with Crippen LogP contribution in [0.15, 0.2) is 28.8 Å². The number of amides is 1. The SMILES string of the molecule is CCCCOC(=O)c1ccc(NC(=O)COC(=O)CCc2c(C)noc2C)cc1. The van der Waals surface area contributed by atoms with Crippen molar-refractivity contribution in [2.45, 2.75) is 46.5 Å². The molecule has 0 spiro atoms. The minimum absolute atomic E-state index is 0.130. The number of nitrogens with zero attached hydrogens (tertiary/aromatic N) is 1. The lowest BCUT2D eigenvalue weighted by atomic mass is 10.1. The lowest BCUT2D eigenvalue weighted by Gasteiger charge is -2.08. The highest BCUT2D eigenvalue weighted by Crippen LogP contribution is 2.15. The topological polar surface area (TPSA) is 108 Å². The summed E-state index contributed by atoms with van der Waals surface area (Å²) in [5.74, 6) is -0.673. The van der Waals surface area contributed by atoms with E-state index in [-0.39, 0.29) is 13.0 Å². The van der Waals surface area contributed by atoms with Gasteiger partial charge in [0.25, 0.3) is 5.91 Å². The van der Waals surface area contributed by atoms with Crippen molar-refractivity contribution in [1.29, 1.82) is 0 Å². The van der Waals surface area contributed by atoms with Crippen molar-refractivity contribution in [3.05, 3.63) is 46.8 Å². The molecular weight excluding hydrogens is 376 g/mol. The fraction of sp³-hybridized carbons (Fsp3) is 0.429. The summed E-state index contributed by atoms with van der Waals surface area (Å²) < 4.78 is 15.2. The number of aryl methyl sites for hydroxylation is 2. The number of unbranched alkanes of at least 4 members (excludes halogenated alkanes) is 1. The van der Waals surface area contributed by atoms with Crippen LogP contribution in [0, 0.1) is 13.8 Å². The highest BCUT2D eigenvalue weighted by atomic mass is 16.5. The molecule has 1 amide bonds. The zero-order valence-corrected chi connectivity index (χ0v) is 16.9. The van der Waals surface area contributed by atoms with Crippen LogP contribution < -0.4 is 5.32 Å². The average Bonchev–Trinajstić information content (AvgIpc) is 3.03. The van der Waals surface area contributed by atoms with E-state index in [0.717, 1.165) is 24.1 Å². The summed E-state index contributed by atoms with van der Waals surface area (Å²) in [6.07, 6.45) is 2.34. The molecule has 8 nitrogen and oxygen atoms in total. The molecule has 0 saturated carbocycles. The van der Waals surface area contributed by atoms with E-state index >= 15 is 0 Å². The molecular formula is C21H26N2O6. The van der Waals surface area contributed by atoms with E-state index in [4.69, 9.17) is 14.0 Å². The van der Waals surface area contributed by atoms with Crippen LogP contribution >= 0.6 is 0 Å². The van der Waals surface area contributed by atoms with Crippen LogP contribution in [0.5, 0.6) is 0 Å². The first-order valence-electron chi connectivity index (χ1n) is 9.55. The molecule has 2 aromatic rings. The van der Waals surface area contributed by atoms with Crippen LogP contribution in [0.2, 0.25) is 0 Å². The molecule has 2 rings (SSSR count). The maximum Gasteiger partial charge on any atom is 0.338 e. The van der Waals surface area contributed by atoms with Crippen molar-refractivity contribution in [1.82, 2.24) is 5.16 Å². The largest absolute Gasteiger partial charge is 0.462 e. The van der Waals surface area contributed by atoms with Crippen LogP contribution in [-0.4, -0.2) is 36.2 Å². The van der Waals surface area contributed by atoms with Crippen LogP contribution in [0.3, 0.4) is 0 Å². The molecule has 0 aliphatic heterocycles. The van der Waals surface area contributed by atoms with Gasteiger partial charge in [-0.15, -0.1) is 0 Å². The zero-order valence-electron chi connectivity index (χ0n) is 16.9. The van der Waals surface area contributed by atoms with Crippen molar-refractivity contribution in [3.63, 3.8) is 0 Å². The van der Waals surface area contributed by atoms with E-state index in [1.807, 2.05) is 6.92 Å². The summed E-state index contributed by atoms with van der Waals surface area (Å²) in [7, 11) is 0. The van der Waals surface area contributed by atoms with Gasteiger partial charge in [-0.2, -0.15) is 0 Å². The molecule has 0 atom stereocenters. The first-order valence-corrected chi connectivity index (χ1v) is 9.55. The first kappa shape index (κ1) is 22.1. The third kappa shape index (κ3) is 7.06. The van der Waals surface area contributed by atoms with E-state index in [9.17, 15) is 14.4 Å². The number of carbonyl (C=O) groups is 3. The van der Waals surface area contributed by atoms with Gasteiger partial charge in [0.1, 0.15) is 5.76 Å². The Labute approximate surface area is 169 Å². The van der Waals surface area contributed by atoms with Crippen molar-refractivity contribution in [3.8, 4) is 0 Å². The lowest BCUT2D eigenvalue weighted by Crippen LogP contribution is -2.21. The second-order valence-electron chi connectivity index (χ2n) is 6.58. The van der Waals surface area contributed by atoms with Crippen LogP contribution in [0.25, 0.3) is 0 Å². The Morgan fingerprint density at radius 1 is 1.10 bits per heavy atom. The van der Waals surface area contributed by atoms with Crippen LogP contribution in [0.1, 0.15) is 53.6 Å². The summed E-state index contributed by atoms with van der Waals surface area (Å²) >= 11 is 0. The minimum atomic E-state index is -0.481. The number of esters is 2. The molecule has 1 N–H and O–H groups in total. The van der Waals surface area contributed by atoms with Gasteiger partial charge in [0.2, 0.25) is 0 Å². The summed E-state index contributed by atoms with van der Waals surface area (Å²) in [6, 6.07) is 6.32. The van der Waals surface area contributed by atoms with Crippen molar-refractivity contribution in [2.24, 2.45) is 0 Å². The third-order valence-corrected chi connectivity index (χ3v) is 4.26. The Kier molecular flexibility index (Phi) is 8.39. The molecule has 0 radical (unpaired) electrons. The van der Waals surface area contributed by atoms with E-state index in [0.29, 0.717) is 30.0 Å². The van der Waals surface area contributed by atoms with Crippen LogP contribution in [-0.2, 0) is 25.5 Å².